The van der Waals surface area contributed by atoms with Gasteiger partial charge >= 0.3 is 0 Å². The Morgan fingerprint density at radius 3 is 2.82 bits per heavy atom. The lowest BCUT2D eigenvalue weighted by atomic mass is 10.0. The molecule has 0 saturated carbocycles. The summed E-state index contributed by atoms with van der Waals surface area (Å²) in [6, 6.07) is 0. The van der Waals surface area contributed by atoms with Gasteiger partial charge in [0.05, 0.1) is 0 Å². The zero-order chi connectivity index (χ0) is 12.9. The van der Waals surface area contributed by atoms with Gasteiger partial charge < -0.3 is 0 Å². The van der Waals surface area contributed by atoms with Gasteiger partial charge in [-0.25, -0.2) is 4.72 Å². The van der Waals surface area contributed by atoms with E-state index in [4.69, 9.17) is 11.6 Å². The first kappa shape index (κ1) is 15.2. The van der Waals surface area contributed by atoms with Crippen LogP contribution < -0.4 is 4.72 Å². The summed E-state index contributed by atoms with van der Waals surface area (Å²) >= 11 is 5.63. The number of halogens is 1. The molecule has 2 unspecified atom stereocenters. The molecule has 4 nitrogen and oxygen atoms in total. The molecule has 2 atom stereocenters. The Morgan fingerprint density at radius 2 is 2.24 bits per heavy atom. The van der Waals surface area contributed by atoms with Crippen molar-refractivity contribution >= 4 is 21.8 Å². The monoisotopic (exact) mass is 282 g/mol. The maximum absolute atomic E-state index is 12.0. The van der Waals surface area contributed by atoms with Gasteiger partial charge in [0.25, 0.3) is 10.2 Å². The summed E-state index contributed by atoms with van der Waals surface area (Å²) in [6.07, 6.45) is 2.91. The van der Waals surface area contributed by atoms with E-state index in [1.807, 2.05) is 6.92 Å². The van der Waals surface area contributed by atoms with Crippen LogP contribution in [0.15, 0.2) is 0 Å². The van der Waals surface area contributed by atoms with Crippen LogP contribution in [-0.2, 0) is 10.2 Å². The second-order valence-electron chi connectivity index (χ2n) is 5.04. The van der Waals surface area contributed by atoms with Crippen molar-refractivity contribution in [3.63, 3.8) is 0 Å². The van der Waals surface area contributed by atoms with Crippen molar-refractivity contribution in [3.8, 4) is 0 Å². The lowest BCUT2D eigenvalue weighted by Gasteiger charge is -2.30. The molecule has 17 heavy (non-hydrogen) atoms. The molecule has 0 amide bonds. The Kier molecular flexibility index (Phi) is 6.20. The van der Waals surface area contributed by atoms with Gasteiger partial charge in [-0.15, -0.1) is 11.6 Å². The van der Waals surface area contributed by atoms with E-state index >= 15 is 0 Å². The maximum Gasteiger partial charge on any atom is 0.279 e. The van der Waals surface area contributed by atoms with Crippen LogP contribution in [0.2, 0.25) is 0 Å². The fourth-order valence-corrected chi connectivity index (χ4v) is 3.86. The molecule has 1 fully saturated rings. The molecule has 6 heteroatoms. The van der Waals surface area contributed by atoms with Crippen LogP contribution in [0.25, 0.3) is 0 Å². The Balaban J connectivity index is 2.44. The molecule has 1 N–H and O–H groups in total. The molecule has 0 aromatic heterocycles. The van der Waals surface area contributed by atoms with Crippen LogP contribution in [0, 0.1) is 11.8 Å². The number of nitrogens with one attached hydrogen (secondary N) is 1. The van der Waals surface area contributed by atoms with Crippen LogP contribution in [0.5, 0.6) is 0 Å². The number of rotatable bonds is 6. The molecule has 0 radical (unpaired) electrons. The molecule has 0 aromatic rings. The molecule has 1 aliphatic heterocycles. The van der Waals surface area contributed by atoms with Crippen molar-refractivity contribution in [2.24, 2.45) is 11.8 Å². The summed E-state index contributed by atoms with van der Waals surface area (Å²) in [5.74, 6) is 1.31. The maximum atomic E-state index is 12.0. The molecule has 0 aliphatic carbocycles. The molecule has 0 spiro atoms. The smallest absolute Gasteiger partial charge is 0.202 e. The zero-order valence-electron chi connectivity index (χ0n) is 10.7. The van der Waals surface area contributed by atoms with Crippen molar-refractivity contribution in [2.75, 3.05) is 25.5 Å². The van der Waals surface area contributed by atoms with E-state index in [1.54, 1.807) is 4.31 Å². The average Bonchev–Trinajstić information content (AvgIpc) is 2.27. The molecule has 1 rings (SSSR count). The Hall–Kier alpha value is 0.160. The fourth-order valence-electron chi connectivity index (χ4n) is 1.99. The van der Waals surface area contributed by atoms with Crippen molar-refractivity contribution in [1.29, 1.82) is 0 Å². The van der Waals surface area contributed by atoms with E-state index in [9.17, 15) is 8.42 Å². The Labute approximate surface area is 110 Å². The van der Waals surface area contributed by atoms with Gasteiger partial charge in [-0.3, -0.25) is 0 Å². The van der Waals surface area contributed by atoms with Crippen LogP contribution in [0.3, 0.4) is 0 Å². The third-order valence-corrected chi connectivity index (χ3v) is 4.94. The van der Waals surface area contributed by atoms with E-state index < -0.39 is 10.2 Å². The second-order valence-corrected chi connectivity index (χ2v) is 7.17. The van der Waals surface area contributed by atoms with Crippen LogP contribution in [-0.4, -0.2) is 38.2 Å². The number of nitrogens with zero attached hydrogens (tertiary/aromatic N) is 1. The minimum Gasteiger partial charge on any atom is -0.202 e. The molecule has 1 aliphatic rings. The van der Waals surface area contributed by atoms with E-state index in [1.165, 1.54) is 0 Å². The minimum atomic E-state index is -3.29. The normalized spacial score (nSPS) is 24.8. The summed E-state index contributed by atoms with van der Waals surface area (Å²) in [7, 11) is -3.29. The molecule has 102 valence electrons. The lowest BCUT2D eigenvalue weighted by molar-refractivity contribution is 0.277. The predicted octanol–water partition coefficient (Wildman–Crippen LogP) is 1.82. The first-order chi connectivity index (χ1) is 7.95. The van der Waals surface area contributed by atoms with Crippen LogP contribution in [0.4, 0.5) is 0 Å². The highest BCUT2D eigenvalue weighted by Gasteiger charge is 2.26. The van der Waals surface area contributed by atoms with Gasteiger partial charge in [-0.2, -0.15) is 12.7 Å². The average molecular weight is 283 g/mol. The van der Waals surface area contributed by atoms with E-state index in [0.717, 1.165) is 19.3 Å². The van der Waals surface area contributed by atoms with Gasteiger partial charge in [0.1, 0.15) is 0 Å². The highest BCUT2D eigenvalue weighted by atomic mass is 35.5. The summed E-state index contributed by atoms with van der Waals surface area (Å²) < 4.78 is 28.3. The standard InChI is InChI=1S/C11H23ClN2O2S/c1-10(5-6-12)8-13-17(15,16)14-7-3-4-11(2)9-14/h10-11,13H,3-9H2,1-2H3. The Morgan fingerprint density at radius 1 is 1.53 bits per heavy atom. The quantitative estimate of drug-likeness (QED) is 0.756. The number of piperidine rings is 1. The number of hydrogen-bond acceptors (Lipinski definition) is 2. The fraction of sp³-hybridized carbons (Fsp3) is 1.00. The topological polar surface area (TPSA) is 49.4 Å². The number of alkyl halides is 1. The van der Waals surface area contributed by atoms with Crippen molar-refractivity contribution in [2.45, 2.75) is 33.1 Å². The van der Waals surface area contributed by atoms with Gasteiger partial charge in [-0.1, -0.05) is 13.8 Å². The van der Waals surface area contributed by atoms with Gasteiger partial charge in [0.2, 0.25) is 0 Å². The molecule has 1 heterocycles. The van der Waals surface area contributed by atoms with Crippen LogP contribution >= 0.6 is 11.6 Å². The predicted molar refractivity (Wildman–Crippen MR) is 71.4 cm³/mol. The van der Waals surface area contributed by atoms with Gasteiger partial charge in [0.15, 0.2) is 0 Å². The lowest BCUT2D eigenvalue weighted by Crippen LogP contribution is -2.46. The molecule has 1 saturated heterocycles. The highest BCUT2D eigenvalue weighted by molar-refractivity contribution is 7.87. The van der Waals surface area contributed by atoms with E-state index in [-0.39, 0.29) is 5.92 Å². The van der Waals surface area contributed by atoms with Gasteiger partial charge in [0, 0.05) is 25.5 Å². The van der Waals surface area contributed by atoms with E-state index in [2.05, 4.69) is 11.6 Å². The minimum absolute atomic E-state index is 0.282. The largest absolute Gasteiger partial charge is 0.279 e. The molecule has 0 bridgehead atoms. The van der Waals surface area contributed by atoms with Crippen LogP contribution in [0.1, 0.15) is 33.1 Å². The number of hydrogen-bond donors (Lipinski definition) is 1. The summed E-state index contributed by atoms with van der Waals surface area (Å²) in [4.78, 5) is 0. The van der Waals surface area contributed by atoms with E-state index in [0.29, 0.717) is 31.4 Å². The first-order valence-corrected chi connectivity index (χ1v) is 8.24. The highest BCUT2D eigenvalue weighted by Crippen LogP contribution is 2.17. The third kappa shape index (κ3) is 5.12. The first-order valence-electron chi connectivity index (χ1n) is 6.26. The molecular weight excluding hydrogens is 260 g/mol. The summed E-state index contributed by atoms with van der Waals surface area (Å²) in [5.41, 5.74) is 0. The van der Waals surface area contributed by atoms with Crippen molar-refractivity contribution in [1.82, 2.24) is 9.03 Å². The third-order valence-electron chi connectivity index (χ3n) is 3.18. The molecular formula is C11H23ClN2O2S. The van der Waals surface area contributed by atoms with Crippen molar-refractivity contribution < 1.29 is 8.42 Å². The SMILES string of the molecule is CC(CCCl)CNS(=O)(=O)N1CCCC(C)C1. The molecule has 0 aromatic carbocycles. The zero-order valence-corrected chi connectivity index (χ0v) is 12.2. The second kappa shape index (κ2) is 6.92. The Bertz CT molecular complexity index is 321. The van der Waals surface area contributed by atoms with Gasteiger partial charge in [-0.05, 0) is 31.1 Å². The summed E-state index contributed by atoms with van der Waals surface area (Å²) in [5, 5.41) is 0. The summed E-state index contributed by atoms with van der Waals surface area (Å²) in [6.45, 7) is 5.85. The van der Waals surface area contributed by atoms with Crippen molar-refractivity contribution in [3.05, 3.63) is 0 Å².